The number of carbonyl (C=O) groups excluding carboxylic acids is 1. The van der Waals surface area contributed by atoms with Crippen LogP contribution in [0.25, 0.3) is 0 Å². The zero-order chi connectivity index (χ0) is 21.7. The molecule has 0 atom stereocenters. The van der Waals surface area contributed by atoms with Gasteiger partial charge in [-0.3, -0.25) is 4.79 Å². The minimum Gasteiger partial charge on any atom is -0.494 e. The van der Waals surface area contributed by atoms with Gasteiger partial charge in [-0.2, -0.15) is 0 Å². The lowest BCUT2D eigenvalue weighted by Gasteiger charge is -2.32. The van der Waals surface area contributed by atoms with Crippen molar-refractivity contribution in [2.75, 3.05) is 33.0 Å². The highest BCUT2D eigenvalue weighted by atomic mass is 32.2. The standard InChI is InChI=1S/C20H24FN3O4S2/c1-28-18-6-5-15(12-17(18)21)30(26,27)23-13-14-7-10-24(11-8-14)20(25)16-4-3-9-22-19(16)29-2/h3-6,9,12,14,23H,7-8,10-11,13H2,1-2H3. The number of likely N-dealkylation sites (tertiary alicyclic amines) is 1. The van der Waals surface area contributed by atoms with Gasteiger partial charge in [-0.25, -0.2) is 22.5 Å². The third-order valence-corrected chi connectivity index (χ3v) is 7.23. The molecule has 10 heteroatoms. The van der Waals surface area contributed by atoms with Gasteiger partial charge < -0.3 is 9.64 Å². The fraction of sp³-hybridized carbons (Fsp3) is 0.400. The molecule has 0 radical (unpaired) electrons. The number of nitrogens with zero attached hydrogens (tertiary/aromatic N) is 2. The summed E-state index contributed by atoms with van der Waals surface area (Å²) in [5.74, 6) is -0.697. The fourth-order valence-electron chi connectivity index (χ4n) is 3.35. The molecule has 2 heterocycles. The molecule has 0 aliphatic carbocycles. The van der Waals surface area contributed by atoms with E-state index in [1.807, 2.05) is 6.26 Å². The number of piperidine rings is 1. The lowest BCUT2D eigenvalue weighted by molar-refractivity contribution is 0.0687. The summed E-state index contributed by atoms with van der Waals surface area (Å²) in [6.45, 7) is 1.33. The number of thioether (sulfide) groups is 1. The molecule has 1 fully saturated rings. The molecule has 162 valence electrons. The number of benzene rings is 1. The summed E-state index contributed by atoms with van der Waals surface area (Å²) in [5, 5.41) is 0.698. The van der Waals surface area contributed by atoms with Crippen LogP contribution in [0.2, 0.25) is 0 Å². The Labute approximate surface area is 180 Å². The highest BCUT2D eigenvalue weighted by Gasteiger charge is 2.26. The Bertz CT molecular complexity index is 1010. The molecule has 0 unspecified atom stereocenters. The summed E-state index contributed by atoms with van der Waals surface area (Å²) >= 11 is 1.43. The van der Waals surface area contributed by atoms with Gasteiger partial charge in [0.05, 0.1) is 17.6 Å². The van der Waals surface area contributed by atoms with Crippen LogP contribution in [0.5, 0.6) is 5.75 Å². The Balaban J connectivity index is 1.56. The van der Waals surface area contributed by atoms with Gasteiger partial charge in [0.1, 0.15) is 5.03 Å². The van der Waals surface area contributed by atoms with Gasteiger partial charge in [-0.15, -0.1) is 11.8 Å². The molecule has 1 amide bonds. The second-order valence-corrected chi connectivity index (χ2v) is 9.51. The Hall–Kier alpha value is -2.17. The molecule has 0 spiro atoms. The number of halogens is 1. The first-order valence-electron chi connectivity index (χ1n) is 9.47. The van der Waals surface area contributed by atoms with Crippen molar-refractivity contribution in [3.05, 3.63) is 47.9 Å². The molecule has 1 N–H and O–H groups in total. The van der Waals surface area contributed by atoms with Crippen molar-refractivity contribution in [1.82, 2.24) is 14.6 Å². The van der Waals surface area contributed by atoms with E-state index in [2.05, 4.69) is 9.71 Å². The van der Waals surface area contributed by atoms with Gasteiger partial charge in [0.15, 0.2) is 11.6 Å². The second-order valence-electron chi connectivity index (χ2n) is 6.94. The molecule has 1 aliphatic rings. The number of aromatic nitrogens is 1. The molecule has 2 aromatic rings. The van der Waals surface area contributed by atoms with Crippen molar-refractivity contribution in [2.45, 2.75) is 22.8 Å². The molecule has 1 aromatic carbocycles. The van der Waals surface area contributed by atoms with Crippen LogP contribution in [0.3, 0.4) is 0 Å². The van der Waals surface area contributed by atoms with Crippen LogP contribution in [0.4, 0.5) is 4.39 Å². The van der Waals surface area contributed by atoms with E-state index in [0.717, 1.165) is 6.07 Å². The molecule has 0 bridgehead atoms. The number of pyridine rings is 1. The van der Waals surface area contributed by atoms with Crippen molar-refractivity contribution >= 4 is 27.7 Å². The van der Waals surface area contributed by atoms with Crippen LogP contribution < -0.4 is 9.46 Å². The number of hydrogen-bond donors (Lipinski definition) is 1. The van der Waals surface area contributed by atoms with Crippen LogP contribution in [0.15, 0.2) is 46.5 Å². The van der Waals surface area contributed by atoms with E-state index in [-0.39, 0.29) is 29.0 Å². The zero-order valence-electron chi connectivity index (χ0n) is 16.8. The summed E-state index contributed by atoms with van der Waals surface area (Å²) in [6.07, 6.45) is 4.90. The summed E-state index contributed by atoms with van der Waals surface area (Å²) in [5.41, 5.74) is 0.589. The first kappa shape index (κ1) is 22.5. The molecule has 1 aromatic heterocycles. The molecule has 3 rings (SSSR count). The van der Waals surface area contributed by atoms with Crippen molar-refractivity contribution in [2.24, 2.45) is 5.92 Å². The fourth-order valence-corrected chi connectivity index (χ4v) is 5.02. The lowest BCUT2D eigenvalue weighted by Crippen LogP contribution is -2.41. The van der Waals surface area contributed by atoms with Gasteiger partial charge in [0.2, 0.25) is 10.0 Å². The predicted octanol–water partition coefficient (Wildman–Crippen LogP) is 2.78. The minimum atomic E-state index is -3.83. The first-order chi connectivity index (χ1) is 14.4. The Kier molecular flexibility index (Phi) is 7.32. The van der Waals surface area contributed by atoms with Crippen LogP contribution >= 0.6 is 11.8 Å². The number of hydrogen-bond acceptors (Lipinski definition) is 6. The van der Waals surface area contributed by atoms with E-state index >= 15 is 0 Å². The molecule has 7 nitrogen and oxygen atoms in total. The molecular formula is C20H24FN3O4S2. The van der Waals surface area contributed by atoms with E-state index in [1.54, 1.807) is 23.2 Å². The third kappa shape index (κ3) is 5.11. The quantitative estimate of drug-likeness (QED) is 0.649. The third-order valence-electron chi connectivity index (χ3n) is 5.09. The molecular weight excluding hydrogens is 429 g/mol. The van der Waals surface area contributed by atoms with Gasteiger partial charge in [-0.1, -0.05) is 0 Å². The van der Waals surface area contributed by atoms with E-state index in [4.69, 9.17) is 4.74 Å². The van der Waals surface area contributed by atoms with Crippen LogP contribution in [0.1, 0.15) is 23.2 Å². The Morgan fingerprint density at radius 3 is 2.70 bits per heavy atom. The average Bonchev–Trinajstić information content (AvgIpc) is 2.77. The zero-order valence-corrected chi connectivity index (χ0v) is 18.4. The number of ether oxygens (including phenoxy) is 1. The Morgan fingerprint density at radius 2 is 2.07 bits per heavy atom. The van der Waals surface area contributed by atoms with E-state index < -0.39 is 15.8 Å². The van der Waals surface area contributed by atoms with Crippen molar-refractivity contribution < 1.29 is 22.3 Å². The number of carbonyl (C=O) groups is 1. The number of amides is 1. The minimum absolute atomic E-state index is 0.00997. The maximum absolute atomic E-state index is 13.8. The maximum atomic E-state index is 13.8. The SMILES string of the molecule is COc1ccc(S(=O)(=O)NCC2CCN(C(=O)c3cccnc3SC)CC2)cc1F. The summed E-state index contributed by atoms with van der Waals surface area (Å²) in [6, 6.07) is 7.06. The number of methoxy groups -OCH3 is 1. The van der Waals surface area contributed by atoms with Gasteiger partial charge >= 0.3 is 0 Å². The highest BCUT2D eigenvalue weighted by molar-refractivity contribution is 7.98. The summed E-state index contributed by atoms with van der Waals surface area (Å²) in [7, 11) is -2.51. The molecule has 30 heavy (non-hydrogen) atoms. The number of rotatable bonds is 7. The predicted molar refractivity (Wildman–Crippen MR) is 113 cm³/mol. The monoisotopic (exact) mass is 453 g/mol. The van der Waals surface area contributed by atoms with Crippen LogP contribution in [0, 0.1) is 11.7 Å². The molecule has 1 saturated heterocycles. The van der Waals surface area contributed by atoms with Gasteiger partial charge in [-0.05, 0) is 55.3 Å². The van der Waals surface area contributed by atoms with Crippen molar-refractivity contribution in [3.63, 3.8) is 0 Å². The van der Waals surface area contributed by atoms with E-state index in [9.17, 15) is 17.6 Å². The summed E-state index contributed by atoms with van der Waals surface area (Å²) < 4.78 is 46.1. The van der Waals surface area contributed by atoms with Crippen molar-refractivity contribution in [3.8, 4) is 5.75 Å². The number of nitrogens with one attached hydrogen (secondary N) is 1. The molecule has 1 aliphatic heterocycles. The van der Waals surface area contributed by atoms with Gasteiger partial charge in [0, 0.05) is 25.8 Å². The van der Waals surface area contributed by atoms with E-state index in [1.165, 1.54) is 31.0 Å². The Morgan fingerprint density at radius 1 is 1.33 bits per heavy atom. The van der Waals surface area contributed by atoms with Crippen LogP contribution in [-0.4, -0.2) is 57.2 Å². The van der Waals surface area contributed by atoms with Gasteiger partial charge in [0.25, 0.3) is 5.91 Å². The topological polar surface area (TPSA) is 88.6 Å². The second kappa shape index (κ2) is 9.76. The normalized spacial score (nSPS) is 15.2. The first-order valence-corrected chi connectivity index (χ1v) is 12.2. The van der Waals surface area contributed by atoms with Crippen molar-refractivity contribution in [1.29, 1.82) is 0 Å². The number of sulfonamides is 1. The summed E-state index contributed by atoms with van der Waals surface area (Å²) in [4.78, 5) is 18.7. The maximum Gasteiger partial charge on any atom is 0.256 e. The van der Waals surface area contributed by atoms with E-state index in [0.29, 0.717) is 36.5 Å². The smallest absolute Gasteiger partial charge is 0.256 e. The highest BCUT2D eigenvalue weighted by Crippen LogP contribution is 2.24. The lowest BCUT2D eigenvalue weighted by atomic mass is 9.97. The molecule has 0 saturated carbocycles. The largest absolute Gasteiger partial charge is 0.494 e. The van der Waals surface area contributed by atoms with Crippen LogP contribution in [-0.2, 0) is 10.0 Å². The average molecular weight is 454 g/mol.